The maximum Gasteiger partial charge on any atom is 0.293 e. The van der Waals surface area contributed by atoms with Crippen LogP contribution in [0, 0.1) is 17.6 Å². The number of amides is 1. The third-order valence-corrected chi connectivity index (χ3v) is 12.3. The first kappa shape index (κ1) is 41.1. The lowest BCUT2D eigenvalue weighted by Crippen LogP contribution is -2.38. The molecule has 1 fully saturated rings. The first-order valence-electron chi connectivity index (χ1n) is 18.5. The standard InChI is InChI=1S/C41H29Cl3F6N8O2S/c1-56-35-29(9-8-26(44)33(35)38(54-56)55-61-2)58-39(52-27-13-18(6-7-21(27)40(58)60)31-24(42)4-3-5-25(31)43)28(12-17-10-19(45)14-20(46)11-17)51-30(59)16-57-36-32(34(53-57)37(47)48)22-15-23(22)41(36,49)50/h3-11,13-14,22-23,28,37H,12,15-16H2,1-2H3,(H,51,59)(H,54,55). The summed E-state index contributed by atoms with van der Waals surface area (Å²) in [5, 5.41) is 12.4. The van der Waals surface area contributed by atoms with Crippen molar-refractivity contribution in [3.8, 4) is 16.8 Å². The molecular formula is C41H29Cl3F6N8O2S. The predicted molar refractivity (Wildman–Crippen MR) is 222 cm³/mol. The number of halogens is 9. The fraction of sp³-hybridized carbons (Fsp3) is 0.244. The highest BCUT2D eigenvalue weighted by atomic mass is 35.5. The highest BCUT2D eigenvalue weighted by molar-refractivity contribution is 7.99. The van der Waals surface area contributed by atoms with E-state index in [0.29, 0.717) is 48.6 Å². The molecule has 314 valence electrons. The predicted octanol–water partition coefficient (Wildman–Crippen LogP) is 10.3. The Morgan fingerprint density at radius 2 is 1.70 bits per heavy atom. The van der Waals surface area contributed by atoms with Crippen molar-refractivity contribution in [1.29, 1.82) is 0 Å². The topological polar surface area (TPSA) is 112 Å². The van der Waals surface area contributed by atoms with E-state index in [1.54, 1.807) is 49.7 Å². The van der Waals surface area contributed by atoms with Crippen molar-refractivity contribution in [2.45, 2.75) is 43.7 Å². The van der Waals surface area contributed by atoms with Gasteiger partial charge in [-0.15, -0.1) is 0 Å². The Hall–Kier alpha value is -5.23. The van der Waals surface area contributed by atoms with Crippen molar-refractivity contribution in [1.82, 2.24) is 34.4 Å². The Morgan fingerprint density at radius 1 is 0.984 bits per heavy atom. The van der Waals surface area contributed by atoms with Gasteiger partial charge in [-0.25, -0.2) is 22.5 Å². The van der Waals surface area contributed by atoms with Gasteiger partial charge in [-0.1, -0.05) is 58.9 Å². The van der Waals surface area contributed by atoms with E-state index in [-0.39, 0.29) is 45.0 Å². The Balaban J connectivity index is 1.26. The summed E-state index contributed by atoms with van der Waals surface area (Å²) in [6.07, 6.45) is -1.80. The molecule has 1 saturated carbocycles. The zero-order valence-electron chi connectivity index (χ0n) is 31.6. The van der Waals surface area contributed by atoms with Crippen LogP contribution in [0.5, 0.6) is 0 Å². The number of nitrogens with one attached hydrogen (secondary N) is 2. The van der Waals surface area contributed by atoms with E-state index >= 15 is 13.6 Å². The van der Waals surface area contributed by atoms with Gasteiger partial charge in [-0.2, -0.15) is 19.0 Å². The number of anilines is 1. The normalized spacial score (nSPS) is 16.9. The van der Waals surface area contributed by atoms with Gasteiger partial charge in [0, 0.05) is 52.9 Å². The lowest BCUT2D eigenvalue weighted by molar-refractivity contribution is -0.123. The molecule has 4 aromatic carbocycles. The van der Waals surface area contributed by atoms with E-state index in [4.69, 9.17) is 39.8 Å². The van der Waals surface area contributed by atoms with Gasteiger partial charge in [0.05, 0.1) is 38.6 Å². The molecule has 9 rings (SSSR count). The summed E-state index contributed by atoms with van der Waals surface area (Å²) in [7, 11) is 1.62. The summed E-state index contributed by atoms with van der Waals surface area (Å²) in [6.45, 7) is -0.943. The van der Waals surface area contributed by atoms with Crippen molar-refractivity contribution in [2.75, 3.05) is 11.0 Å². The molecule has 3 atom stereocenters. The Labute approximate surface area is 360 Å². The van der Waals surface area contributed by atoms with E-state index in [0.717, 1.165) is 12.1 Å². The van der Waals surface area contributed by atoms with Gasteiger partial charge in [0.15, 0.2) is 5.82 Å². The molecule has 20 heteroatoms. The molecule has 0 radical (unpaired) electrons. The monoisotopic (exact) mass is 916 g/mol. The molecule has 0 aliphatic heterocycles. The summed E-state index contributed by atoms with van der Waals surface area (Å²) in [6, 6.07) is 14.0. The SMILES string of the molecule is CSNc1nn(C)c2c(-n3c(C(Cc4cc(F)cc(F)c4)NC(=O)Cn4nc(C(F)F)c5c4C(F)(F)C4CC54)nc4cc(-c5c(Cl)cccc5Cl)ccc4c3=O)ccc(Cl)c12. The van der Waals surface area contributed by atoms with Gasteiger partial charge < -0.3 is 10.0 Å². The molecule has 10 nitrogen and oxygen atoms in total. The molecule has 2 aliphatic carbocycles. The highest BCUT2D eigenvalue weighted by Crippen LogP contribution is 2.68. The summed E-state index contributed by atoms with van der Waals surface area (Å²) >= 11 is 21.1. The molecule has 3 unspecified atom stereocenters. The number of rotatable bonds is 11. The van der Waals surface area contributed by atoms with Crippen molar-refractivity contribution < 1.29 is 31.1 Å². The minimum absolute atomic E-state index is 0.0140. The third kappa shape index (κ3) is 6.98. The average molecular weight is 918 g/mol. The summed E-state index contributed by atoms with van der Waals surface area (Å²) in [5.41, 5.74) is -0.943. The Bertz CT molecular complexity index is 2990. The summed E-state index contributed by atoms with van der Waals surface area (Å²) < 4.78 is 95.2. The van der Waals surface area contributed by atoms with Gasteiger partial charge in [-0.05, 0) is 72.0 Å². The number of benzene rings is 4. The van der Waals surface area contributed by atoms with E-state index in [1.807, 2.05) is 0 Å². The zero-order valence-corrected chi connectivity index (χ0v) is 34.7. The maximum atomic E-state index is 15.5. The van der Waals surface area contributed by atoms with Crippen LogP contribution in [0.1, 0.15) is 53.1 Å². The quantitative estimate of drug-likeness (QED) is 0.0982. The fourth-order valence-corrected chi connectivity index (χ4v) is 9.62. The van der Waals surface area contributed by atoms with Gasteiger partial charge in [0.1, 0.15) is 35.4 Å². The molecule has 61 heavy (non-hydrogen) atoms. The van der Waals surface area contributed by atoms with Crippen molar-refractivity contribution >= 4 is 80.3 Å². The van der Waals surface area contributed by atoms with Crippen LogP contribution in [0.2, 0.25) is 15.1 Å². The number of carbonyl (C=O) groups is 1. The van der Waals surface area contributed by atoms with Crippen LogP contribution in [0.3, 0.4) is 0 Å². The first-order valence-corrected chi connectivity index (χ1v) is 20.9. The van der Waals surface area contributed by atoms with Gasteiger partial charge in [-0.3, -0.25) is 23.5 Å². The lowest BCUT2D eigenvalue weighted by atomic mass is 10.0. The minimum Gasteiger partial charge on any atom is -0.344 e. The largest absolute Gasteiger partial charge is 0.344 e. The molecule has 2 N–H and O–H groups in total. The molecule has 0 bridgehead atoms. The number of nitrogens with zero attached hydrogens (tertiary/aromatic N) is 6. The summed E-state index contributed by atoms with van der Waals surface area (Å²) in [4.78, 5) is 34.1. The molecular weight excluding hydrogens is 889 g/mol. The Kier molecular flexibility index (Phi) is 10.3. The van der Waals surface area contributed by atoms with Crippen LogP contribution in [0.4, 0.5) is 32.2 Å². The van der Waals surface area contributed by atoms with Crippen molar-refractivity contribution in [3.05, 3.63) is 132 Å². The molecule has 3 aromatic heterocycles. The molecule has 0 spiro atoms. The number of carbonyl (C=O) groups excluding carboxylic acids is 1. The number of hydrogen-bond donors (Lipinski definition) is 2. The number of alkyl halides is 4. The van der Waals surface area contributed by atoms with E-state index in [9.17, 15) is 22.4 Å². The summed E-state index contributed by atoms with van der Waals surface area (Å²) in [5.74, 6) is -8.21. The molecule has 0 saturated heterocycles. The highest BCUT2D eigenvalue weighted by Gasteiger charge is 2.67. The number of aromatic nitrogens is 6. The first-order chi connectivity index (χ1) is 29.1. The van der Waals surface area contributed by atoms with E-state index < -0.39 is 77.7 Å². The smallest absolute Gasteiger partial charge is 0.293 e. The van der Waals surface area contributed by atoms with Gasteiger partial charge in [0.2, 0.25) is 5.91 Å². The molecule has 2 aliphatic rings. The van der Waals surface area contributed by atoms with Crippen LogP contribution in [-0.4, -0.2) is 41.3 Å². The number of fused-ring (bicyclic) bond motifs is 5. The van der Waals surface area contributed by atoms with Crippen molar-refractivity contribution in [3.63, 3.8) is 0 Å². The lowest BCUT2D eigenvalue weighted by Gasteiger charge is -2.24. The van der Waals surface area contributed by atoms with Crippen LogP contribution in [0.15, 0.2) is 71.5 Å². The zero-order chi connectivity index (χ0) is 43.2. The van der Waals surface area contributed by atoms with Crippen LogP contribution in [0.25, 0.3) is 38.6 Å². The molecule has 3 heterocycles. The molecule has 7 aromatic rings. The second-order valence-electron chi connectivity index (χ2n) is 14.8. The van der Waals surface area contributed by atoms with Gasteiger partial charge in [0.25, 0.3) is 17.9 Å². The van der Waals surface area contributed by atoms with E-state index in [2.05, 4.69) is 20.2 Å². The van der Waals surface area contributed by atoms with E-state index in [1.165, 1.54) is 33.3 Å². The number of hydrogen-bond acceptors (Lipinski definition) is 7. The molecule has 1 amide bonds. The maximum absolute atomic E-state index is 15.5. The van der Waals surface area contributed by atoms with Crippen molar-refractivity contribution in [2.24, 2.45) is 13.0 Å². The van der Waals surface area contributed by atoms with Crippen LogP contribution in [-0.2, 0) is 30.7 Å². The van der Waals surface area contributed by atoms with Crippen LogP contribution >= 0.6 is 46.8 Å². The average Bonchev–Trinajstić information content (AvgIpc) is 3.73. The van der Waals surface area contributed by atoms with Gasteiger partial charge >= 0.3 is 0 Å². The second-order valence-corrected chi connectivity index (χ2v) is 16.6. The minimum atomic E-state index is -3.52. The fourth-order valence-electron chi connectivity index (χ4n) is 8.43. The number of aryl methyl sites for hydroxylation is 1. The third-order valence-electron chi connectivity index (χ3n) is 11.0. The second kappa shape index (κ2) is 15.3. The van der Waals surface area contributed by atoms with Crippen LogP contribution < -0.4 is 15.6 Å². The Morgan fingerprint density at radius 3 is 2.39 bits per heavy atom.